The van der Waals surface area contributed by atoms with Crippen molar-refractivity contribution in [1.82, 2.24) is 5.32 Å². The summed E-state index contributed by atoms with van der Waals surface area (Å²) in [5, 5.41) is 6.72. The molecule has 0 aliphatic heterocycles. The van der Waals surface area contributed by atoms with Crippen LogP contribution in [0.15, 0.2) is 48.5 Å². The van der Waals surface area contributed by atoms with Crippen LogP contribution in [0.25, 0.3) is 0 Å². The molecule has 0 aliphatic rings. The summed E-state index contributed by atoms with van der Waals surface area (Å²) in [6.45, 7) is 3.46. The van der Waals surface area contributed by atoms with Gasteiger partial charge in [0.1, 0.15) is 5.75 Å². The van der Waals surface area contributed by atoms with Gasteiger partial charge in [-0.3, -0.25) is 4.79 Å². The minimum Gasteiger partial charge on any atom is -0.492 e. The van der Waals surface area contributed by atoms with Gasteiger partial charge in [-0.15, -0.1) is 0 Å². The van der Waals surface area contributed by atoms with Gasteiger partial charge in [-0.1, -0.05) is 35.9 Å². The minimum absolute atomic E-state index is 0.0896. The fraction of sp³-hybridized carbons (Fsp3) is 0.278. The number of anilines is 1. The second-order valence-electron chi connectivity index (χ2n) is 5.03. The van der Waals surface area contributed by atoms with Crippen LogP contribution in [0.4, 0.5) is 5.69 Å². The maximum absolute atomic E-state index is 12.0. The van der Waals surface area contributed by atoms with Crippen LogP contribution in [-0.4, -0.2) is 25.6 Å². The Balaban J connectivity index is 1.74. The number of carbonyl (C=O) groups excluding carboxylic acids is 1. The number of rotatable bonds is 8. The van der Waals surface area contributed by atoms with Crippen molar-refractivity contribution in [2.24, 2.45) is 0 Å². The number of para-hydroxylation sites is 2. The highest BCUT2D eigenvalue weighted by atomic mass is 35.5. The van der Waals surface area contributed by atoms with E-state index in [2.05, 4.69) is 10.6 Å². The quantitative estimate of drug-likeness (QED) is 0.727. The normalized spacial score (nSPS) is 10.3. The fourth-order valence-electron chi connectivity index (χ4n) is 2.13. The first-order chi connectivity index (χ1) is 11.2. The molecule has 0 aliphatic carbocycles. The third-order valence-electron chi connectivity index (χ3n) is 3.25. The average Bonchev–Trinajstić information content (AvgIpc) is 2.55. The van der Waals surface area contributed by atoms with Gasteiger partial charge in [0, 0.05) is 5.02 Å². The maximum Gasteiger partial charge on any atom is 0.238 e. The maximum atomic E-state index is 12.0. The lowest BCUT2D eigenvalue weighted by Crippen LogP contribution is -2.29. The summed E-state index contributed by atoms with van der Waals surface area (Å²) >= 11 is 5.85. The predicted molar refractivity (Wildman–Crippen MR) is 94.3 cm³/mol. The molecule has 1 amide bonds. The Bertz CT molecular complexity index is 629. The molecule has 122 valence electrons. The number of hydrogen-bond acceptors (Lipinski definition) is 3. The van der Waals surface area contributed by atoms with Crippen LogP contribution < -0.4 is 15.4 Å². The van der Waals surface area contributed by atoms with E-state index in [9.17, 15) is 4.79 Å². The number of ether oxygens (including phenoxy) is 1. The zero-order valence-electron chi connectivity index (χ0n) is 13.1. The van der Waals surface area contributed by atoms with Crippen molar-refractivity contribution >= 4 is 23.2 Å². The molecule has 0 radical (unpaired) electrons. The zero-order chi connectivity index (χ0) is 16.5. The fourth-order valence-corrected chi connectivity index (χ4v) is 2.26. The Morgan fingerprint density at radius 1 is 1.13 bits per heavy atom. The van der Waals surface area contributed by atoms with Crippen LogP contribution in [0.1, 0.15) is 12.5 Å². The standard InChI is InChI=1S/C18H21ClN2O2/c1-2-23-17-6-4-3-5-16(17)21-18(22)13-20-12-11-14-7-9-15(19)10-8-14/h3-10,20H,2,11-13H2,1H3,(H,21,22). The first-order valence-electron chi connectivity index (χ1n) is 7.66. The Morgan fingerprint density at radius 2 is 1.87 bits per heavy atom. The van der Waals surface area contributed by atoms with Crippen molar-refractivity contribution in [3.63, 3.8) is 0 Å². The molecule has 0 aromatic heterocycles. The Labute approximate surface area is 141 Å². The molecule has 4 nitrogen and oxygen atoms in total. The number of benzene rings is 2. The van der Waals surface area contributed by atoms with E-state index in [1.165, 1.54) is 5.56 Å². The molecule has 0 atom stereocenters. The van der Waals surface area contributed by atoms with Gasteiger partial charge in [0.25, 0.3) is 0 Å². The van der Waals surface area contributed by atoms with E-state index in [0.717, 1.165) is 18.0 Å². The van der Waals surface area contributed by atoms with Gasteiger partial charge in [-0.2, -0.15) is 0 Å². The second-order valence-corrected chi connectivity index (χ2v) is 5.47. The molecule has 2 N–H and O–H groups in total. The monoisotopic (exact) mass is 332 g/mol. The molecule has 0 heterocycles. The average molecular weight is 333 g/mol. The molecule has 0 saturated heterocycles. The summed E-state index contributed by atoms with van der Waals surface area (Å²) in [6, 6.07) is 15.1. The van der Waals surface area contributed by atoms with Crippen molar-refractivity contribution in [2.45, 2.75) is 13.3 Å². The number of hydrogen-bond donors (Lipinski definition) is 2. The van der Waals surface area contributed by atoms with Gasteiger partial charge in [0.15, 0.2) is 0 Å². The predicted octanol–water partition coefficient (Wildman–Crippen LogP) is 3.51. The van der Waals surface area contributed by atoms with Gasteiger partial charge in [0.2, 0.25) is 5.91 Å². The highest BCUT2D eigenvalue weighted by Crippen LogP contribution is 2.23. The van der Waals surface area contributed by atoms with E-state index in [4.69, 9.17) is 16.3 Å². The van der Waals surface area contributed by atoms with Crippen molar-refractivity contribution in [3.05, 3.63) is 59.1 Å². The van der Waals surface area contributed by atoms with E-state index < -0.39 is 0 Å². The zero-order valence-corrected chi connectivity index (χ0v) is 13.9. The Hall–Kier alpha value is -2.04. The van der Waals surface area contributed by atoms with E-state index in [0.29, 0.717) is 18.0 Å². The van der Waals surface area contributed by atoms with Gasteiger partial charge in [-0.25, -0.2) is 0 Å². The molecule has 0 saturated carbocycles. The van der Waals surface area contributed by atoms with Crippen LogP contribution in [0.3, 0.4) is 0 Å². The number of halogens is 1. The highest BCUT2D eigenvalue weighted by Gasteiger charge is 2.06. The van der Waals surface area contributed by atoms with Crippen LogP contribution in [0.5, 0.6) is 5.75 Å². The minimum atomic E-state index is -0.0896. The van der Waals surface area contributed by atoms with E-state index in [1.807, 2.05) is 55.5 Å². The molecule has 0 unspecified atom stereocenters. The molecule has 0 bridgehead atoms. The van der Waals surface area contributed by atoms with Crippen molar-refractivity contribution in [2.75, 3.05) is 25.0 Å². The van der Waals surface area contributed by atoms with Gasteiger partial charge in [-0.05, 0) is 49.7 Å². The summed E-state index contributed by atoms with van der Waals surface area (Å²) in [5.74, 6) is 0.595. The first-order valence-corrected chi connectivity index (χ1v) is 8.03. The van der Waals surface area contributed by atoms with Crippen molar-refractivity contribution < 1.29 is 9.53 Å². The lowest BCUT2D eigenvalue weighted by molar-refractivity contribution is -0.115. The lowest BCUT2D eigenvalue weighted by Gasteiger charge is -2.11. The van der Waals surface area contributed by atoms with Crippen LogP contribution in [0.2, 0.25) is 5.02 Å². The van der Waals surface area contributed by atoms with Gasteiger partial charge in [0.05, 0.1) is 18.8 Å². The van der Waals surface area contributed by atoms with Crippen LogP contribution in [-0.2, 0) is 11.2 Å². The molecular formula is C18H21ClN2O2. The van der Waals surface area contributed by atoms with E-state index in [-0.39, 0.29) is 12.5 Å². The van der Waals surface area contributed by atoms with Crippen molar-refractivity contribution in [1.29, 1.82) is 0 Å². The first kappa shape index (κ1) is 17.3. The third-order valence-corrected chi connectivity index (χ3v) is 3.50. The molecule has 0 fully saturated rings. The van der Waals surface area contributed by atoms with Crippen LogP contribution >= 0.6 is 11.6 Å². The molecular weight excluding hydrogens is 312 g/mol. The molecule has 2 aromatic carbocycles. The SMILES string of the molecule is CCOc1ccccc1NC(=O)CNCCc1ccc(Cl)cc1. The highest BCUT2D eigenvalue weighted by molar-refractivity contribution is 6.30. The van der Waals surface area contributed by atoms with Crippen molar-refractivity contribution in [3.8, 4) is 5.75 Å². The van der Waals surface area contributed by atoms with E-state index in [1.54, 1.807) is 0 Å². The molecule has 23 heavy (non-hydrogen) atoms. The summed E-state index contributed by atoms with van der Waals surface area (Å²) in [5.41, 5.74) is 1.88. The molecule has 0 spiro atoms. The Kier molecular flexibility index (Phi) is 6.91. The van der Waals surface area contributed by atoms with E-state index >= 15 is 0 Å². The number of carbonyl (C=O) groups is 1. The lowest BCUT2D eigenvalue weighted by atomic mass is 10.1. The van der Waals surface area contributed by atoms with Gasteiger partial charge < -0.3 is 15.4 Å². The smallest absolute Gasteiger partial charge is 0.238 e. The summed E-state index contributed by atoms with van der Waals surface area (Å²) in [4.78, 5) is 12.0. The number of amides is 1. The summed E-state index contributed by atoms with van der Waals surface area (Å²) in [6.07, 6.45) is 0.847. The Morgan fingerprint density at radius 3 is 2.61 bits per heavy atom. The summed E-state index contributed by atoms with van der Waals surface area (Å²) in [7, 11) is 0. The summed E-state index contributed by atoms with van der Waals surface area (Å²) < 4.78 is 5.49. The molecule has 2 rings (SSSR count). The van der Waals surface area contributed by atoms with Crippen LogP contribution in [0, 0.1) is 0 Å². The topological polar surface area (TPSA) is 50.4 Å². The second kappa shape index (κ2) is 9.18. The molecule has 5 heteroatoms. The third kappa shape index (κ3) is 5.93. The largest absolute Gasteiger partial charge is 0.492 e. The number of nitrogens with one attached hydrogen (secondary N) is 2. The molecule has 2 aromatic rings. The van der Waals surface area contributed by atoms with Gasteiger partial charge >= 0.3 is 0 Å².